The molecule has 0 aromatic carbocycles. The Labute approximate surface area is 255 Å². The van der Waals surface area contributed by atoms with Crippen molar-refractivity contribution in [1.29, 1.82) is 0 Å². The lowest BCUT2D eigenvalue weighted by Crippen LogP contribution is -2.46. The van der Waals surface area contributed by atoms with Gasteiger partial charge in [-0.3, -0.25) is 9.59 Å². The van der Waals surface area contributed by atoms with Crippen molar-refractivity contribution in [3.05, 3.63) is 0 Å². The molecule has 0 saturated heterocycles. The van der Waals surface area contributed by atoms with Crippen molar-refractivity contribution in [2.45, 2.75) is 174 Å². The number of amides is 2. The molecule has 0 bridgehead atoms. The maximum absolute atomic E-state index is 12.6. The molecule has 3 N–H and O–H groups in total. The first-order valence-electron chi connectivity index (χ1n) is 17.8. The van der Waals surface area contributed by atoms with E-state index in [1.165, 1.54) is 89.9 Å². The number of hydrogen-bond donors (Lipinski definition) is 3. The highest BCUT2D eigenvalue weighted by atomic mass is 16.3. The highest BCUT2D eigenvalue weighted by Crippen LogP contribution is 2.13. The van der Waals surface area contributed by atoms with Gasteiger partial charge in [0, 0.05) is 44.9 Å². The molecule has 1 atom stereocenters. The van der Waals surface area contributed by atoms with Gasteiger partial charge in [0.1, 0.15) is 0 Å². The second-order valence-electron chi connectivity index (χ2n) is 13.2. The number of quaternary nitrogens is 1. The van der Waals surface area contributed by atoms with Gasteiger partial charge in [-0.05, 0) is 25.7 Å². The second-order valence-corrected chi connectivity index (χ2v) is 13.2. The van der Waals surface area contributed by atoms with E-state index in [2.05, 4.69) is 38.6 Å². The molecule has 0 radical (unpaired) electrons. The van der Waals surface area contributed by atoms with E-state index in [4.69, 9.17) is 0 Å². The number of rotatable bonds is 31. The minimum Gasteiger partial charge on any atom is -0.396 e. The first-order valence-corrected chi connectivity index (χ1v) is 17.8. The van der Waals surface area contributed by atoms with Crippen molar-refractivity contribution in [3.8, 4) is 0 Å². The van der Waals surface area contributed by atoms with Crippen LogP contribution in [0, 0.1) is 0 Å². The van der Waals surface area contributed by atoms with Crippen LogP contribution in [0.15, 0.2) is 0 Å². The molecule has 0 fully saturated rings. The van der Waals surface area contributed by atoms with Gasteiger partial charge in [-0.2, -0.15) is 0 Å². The number of carbonyl (C=O) groups excluding carboxylic acids is 2. The largest absolute Gasteiger partial charge is 0.396 e. The van der Waals surface area contributed by atoms with E-state index in [9.17, 15) is 14.7 Å². The summed E-state index contributed by atoms with van der Waals surface area (Å²) < 4.78 is 0.873. The average molecular weight is 583 g/mol. The molecule has 0 aromatic heterocycles. The van der Waals surface area contributed by atoms with Crippen LogP contribution in [0.2, 0.25) is 0 Å². The Morgan fingerprint density at radius 2 is 1.05 bits per heavy atom. The highest BCUT2D eigenvalue weighted by molar-refractivity contribution is 5.76. The summed E-state index contributed by atoms with van der Waals surface area (Å²) in [7, 11) is 4.47. The second kappa shape index (κ2) is 29.0. The summed E-state index contributed by atoms with van der Waals surface area (Å²) in [5.41, 5.74) is 0. The topological polar surface area (TPSA) is 78.4 Å². The number of carbonyl (C=O) groups is 2. The van der Waals surface area contributed by atoms with Gasteiger partial charge in [-0.15, -0.1) is 0 Å². The molecule has 0 saturated carbocycles. The summed E-state index contributed by atoms with van der Waals surface area (Å²) in [6.45, 7) is 7.38. The molecule has 244 valence electrons. The molecule has 0 rings (SSSR count). The van der Waals surface area contributed by atoms with Gasteiger partial charge in [0.2, 0.25) is 11.8 Å². The maximum Gasteiger partial charge on any atom is 0.220 e. The zero-order valence-corrected chi connectivity index (χ0v) is 28.1. The number of aliphatic hydroxyl groups excluding tert-OH is 1. The summed E-state index contributed by atoms with van der Waals surface area (Å²) in [5, 5.41) is 15.7. The Morgan fingerprint density at radius 3 is 1.54 bits per heavy atom. The minimum absolute atomic E-state index is 0.127. The quantitative estimate of drug-likeness (QED) is 0.0571. The summed E-state index contributed by atoms with van der Waals surface area (Å²) in [4.78, 5) is 24.8. The summed E-state index contributed by atoms with van der Waals surface area (Å²) in [6.07, 6.45) is 27.5. The van der Waals surface area contributed by atoms with E-state index in [1.54, 1.807) is 0 Å². The lowest BCUT2D eigenvalue weighted by molar-refractivity contribution is -0.890. The zero-order chi connectivity index (χ0) is 30.4. The van der Waals surface area contributed by atoms with Gasteiger partial charge in [0.15, 0.2) is 0 Å². The van der Waals surface area contributed by atoms with Crippen molar-refractivity contribution in [2.75, 3.05) is 40.3 Å². The van der Waals surface area contributed by atoms with Crippen molar-refractivity contribution in [1.82, 2.24) is 10.6 Å². The predicted octanol–water partition coefficient (Wildman–Crippen LogP) is 8.06. The molecular formula is C35H72N3O3+. The van der Waals surface area contributed by atoms with Gasteiger partial charge in [0.25, 0.3) is 0 Å². The van der Waals surface area contributed by atoms with Crippen LogP contribution >= 0.6 is 0 Å². The lowest BCUT2D eigenvalue weighted by atomic mass is 10.0. The molecular weight excluding hydrogens is 510 g/mol. The fraction of sp³-hybridized carbons (Fsp3) is 0.943. The third-order valence-electron chi connectivity index (χ3n) is 8.44. The fourth-order valence-electron chi connectivity index (χ4n) is 5.56. The molecule has 41 heavy (non-hydrogen) atoms. The Balaban J connectivity index is 4.00. The molecule has 0 aliphatic heterocycles. The van der Waals surface area contributed by atoms with Crippen molar-refractivity contribution < 1.29 is 19.2 Å². The standard InChI is InChI=1S/C35H71N3O3/c1-5-7-9-11-13-15-17-19-21-26-34(40)36-29-24-30-38(3,4)31-28-33(25-23-32-39)37-35(41)27-22-20-18-16-14-12-10-8-6-2/h33,39H,5-32H2,1-4H3,(H-,36,37,40,41)/p+1. The van der Waals surface area contributed by atoms with Gasteiger partial charge >= 0.3 is 0 Å². The van der Waals surface area contributed by atoms with Crippen LogP contribution in [0.25, 0.3) is 0 Å². The fourth-order valence-corrected chi connectivity index (χ4v) is 5.56. The van der Waals surface area contributed by atoms with Crippen LogP contribution in [-0.4, -0.2) is 67.8 Å². The summed E-state index contributed by atoms with van der Waals surface area (Å²) in [5.74, 6) is 0.355. The molecule has 0 heterocycles. The first kappa shape index (κ1) is 39.9. The van der Waals surface area contributed by atoms with Crippen LogP contribution in [-0.2, 0) is 9.59 Å². The SMILES string of the molecule is CCCCCCCCCCCC(=O)NCCC[N+](C)(C)CCC(CCCO)NC(=O)CCCCCCCCCCC. The van der Waals surface area contributed by atoms with Gasteiger partial charge in [0.05, 0.1) is 27.2 Å². The molecule has 0 aliphatic carbocycles. The molecule has 6 heteroatoms. The normalized spacial score (nSPS) is 12.4. The monoisotopic (exact) mass is 583 g/mol. The Kier molecular flexibility index (Phi) is 28.2. The van der Waals surface area contributed by atoms with Crippen molar-refractivity contribution in [3.63, 3.8) is 0 Å². The van der Waals surface area contributed by atoms with Crippen LogP contribution in [0.4, 0.5) is 0 Å². The molecule has 0 aliphatic rings. The number of nitrogens with one attached hydrogen (secondary N) is 2. The molecule has 6 nitrogen and oxygen atoms in total. The maximum atomic E-state index is 12.6. The van der Waals surface area contributed by atoms with Gasteiger partial charge in [-0.1, -0.05) is 117 Å². The lowest BCUT2D eigenvalue weighted by Gasteiger charge is -2.32. The molecule has 0 spiro atoms. The third kappa shape index (κ3) is 28.7. The predicted molar refractivity (Wildman–Crippen MR) is 176 cm³/mol. The van der Waals surface area contributed by atoms with E-state index in [0.717, 1.165) is 75.5 Å². The summed E-state index contributed by atoms with van der Waals surface area (Å²) >= 11 is 0. The van der Waals surface area contributed by atoms with E-state index in [1.807, 2.05) is 0 Å². The average Bonchev–Trinajstić information content (AvgIpc) is 2.95. The Bertz CT molecular complexity index is 597. The Hall–Kier alpha value is -1.14. The van der Waals surface area contributed by atoms with Crippen LogP contribution < -0.4 is 10.6 Å². The number of nitrogens with zero attached hydrogens (tertiary/aromatic N) is 1. The number of aliphatic hydroxyl groups is 1. The zero-order valence-electron chi connectivity index (χ0n) is 28.1. The van der Waals surface area contributed by atoms with Crippen molar-refractivity contribution >= 4 is 11.8 Å². The van der Waals surface area contributed by atoms with E-state index < -0.39 is 0 Å². The molecule has 0 aromatic rings. The number of hydrogen-bond acceptors (Lipinski definition) is 3. The van der Waals surface area contributed by atoms with Gasteiger partial charge in [-0.25, -0.2) is 0 Å². The highest BCUT2D eigenvalue weighted by Gasteiger charge is 2.19. The minimum atomic E-state index is 0.127. The van der Waals surface area contributed by atoms with E-state index in [0.29, 0.717) is 12.8 Å². The first-order chi connectivity index (χ1) is 19.8. The van der Waals surface area contributed by atoms with E-state index >= 15 is 0 Å². The summed E-state index contributed by atoms with van der Waals surface area (Å²) in [6, 6.07) is 0.127. The Morgan fingerprint density at radius 1 is 0.585 bits per heavy atom. The third-order valence-corrected chi connectivity index (χ3v) is 8.44. The molecule has 1 unspecified atom stereocenters. The van der Waals surface area contributed by atoms with Crippen LogP contribution in [0.1, 0.15) is 168 Å². The van der Waals surface area contributed by atoms with Crippen LogP contribution in [0.3, 0.4) is 0 Å². The van der Waals surface area contributed by atoms with Crippen LogP contribution in [0.5, 0.6) is 0 Å². The smallest absolute Gasteiger partial charge is 0.220 e. The van der Waals surface area contributed by atoms with Crippen molar-refractivity contribution in [2.24, 2.45) is 0 Å². The number of unbranched alkanes of at least 4 members (excludes halogenated alkanes) is 16. The van der Waals surface area contributed by atoms with Gasteiger partial charge < -0.3 is 20.2 Å². The van der Waals surface area contributed by atoms with E-state index in [-0.39, 0.29) is 24.5 Å². The molecule has 2 amide bonds.